The third-order valence-corrected chi connectivity index (χ3v) is 2.87. The summed E-state index contributed by atoms with van der Waals surface area (Å²) in [5.41, 5.74) is 2.84. The van der Waals surface area contributed by atoms with E-state index in [0.717, 1.165) is 16.7 Å². The molecule has 21 heavy (non-hydrogen) atoms. The maximum Gasteiger partial charge on any atom is 0.573 e. The van der Waals surface area contributed by atoms with E-state index in [0.29, 0.717) is 5.71 Å². The van der Waals surface area contributed by atoms with Gasteiger partial charge < -0.3 is 9.94 Å². The molecular weight excluding hydrogens is 283 g/mol. The molecule has 2 aromatic rings. The summed E-state index contributed by atoms with van der Waals surface area (Å²) in [4.78, 5) is 0. The zero-order valence-corrected chi connectivity index (χ0v) is 11.1. The van der Waals surface area contributed by atoms with Gasteiger partial charge >= 0.3 is 6.36 Å². The average molecular weight is 295 g/mol. The summed E-state index contributed by atoms with van der Waals surface area (Å²) >= 11 is 0. The van der Waals surface area contributed by atoms with Gasteiger partial charge in [0.1, 0.15) is 5.75 Å². The zero-order chi connectivity index (χ0) is 15.5. The lowest BCUT2D eigenvalue weighted by Gasteiger charge is -2.09. The molecule has 0 aromatic heterocycles. The molecule has 0 bridgehead atoms. The maximum atomic E-state index is 12.1. The van der Waals surface area contributed by atoms with Crippen molar-refractivity contribution in [2.24, 2.45) is 5.16 Å². The van der Waals surface area contributed by atoms with E-state index in [1.54, 1.807) is 43.3 Å². The fourth-order valence-electron chi connectivity index (χ4n) is 1.81. The molecule has 0 aliphatic carbocycles. The Morgan fingerprint density at radius 3 is 1.86 bits per heavy atom. The molecule has 1 N–H and O–H groups in total. The fraction of sp³-hybridized carbons (Fsp3) is 0.133. The summed E-state index contributed by atoms with van der Waals surface area (Å²) in [6.07, 6.45) is -4.69. The Labute approximate surface area is 119 Å². The van der Waals surface area contributed by atoms with E-state index in [1.807, 2.05) is 0 Å². The van der Waals surface area contributed by atoms with Crippen molar-refractivity contribution in [2.75, 3.05) is 0 Å². The van der Waals surface area contributed by atoms with Gasteiger partial charge in [-0.1, -0.05) is 41.6 Å². The van der Waals surface area contributed by atoms with Crippen molar-refractivity contribution in [1.29, 1.82) is 0 Å². The van der Waals surface area contributed by atoms with Crippen LogP contribution >= 0.6 is 0 Å². The number of ether oxygens (including phenoxy) is 1. The van der Waals surface area contributed by atoms with E-state index in [2.05, 4.69) is 9.89 Å². The number of oxime groups is 1. The summed E-state index contributed by atoms with van der Waals surface area (Å²) in [7, 11) is 0. The van der Waals surface area contributed by atoms with Crippen molar-refractivity contribution < 1.29 is 23.1 Å². The van der Waals surface area contributed by atoms with Crippen LogP contribution < -0.4 is 4.74 Å². The second-order valence-electron chi connectivity index (χ2n) is 4.33. The lowest BCUT2D eigenvalue weighted by atomic mass is 10.0. The molecule has 0 radical (unpaired) electrons. The Morgan fingerprint density at radius 1 is 0.952 bits per heavy atom. The predicted octanol–water partition coefficient (Wildman–Crippen LogP) is 4.45. The molecule has 0 fully saturated rings. The first kappa shape index (κ1) is 14.9. The van der Waals surface area contributed by atoms with Crippen LogP contribution in [-0.4, -0.2) is 17.3 Å². The molecule has 2 aromatic carbocycles. The molecule has 3 nitrogen and oxygen atoms in total. The van der Waals surface area contributed by atoms with Crippen LogP contribution in [0.4, 0.5) is 13.2 Å². The highest BCUT2D eigenvalue weighted by Crippen LogP contribution is 2.26. The maximum absolute atomic E-state index is 12.1. The minimum atomic E-state index is -4.69. The van der Waals surface area contributed by atoms with Crippen molar-refractivity contribution in [3.8, 4) is 16.9 Å². The Balaban J connectivity index is 2.19. The van der Waals surface area contributed by atoms with Crippen LogP contribution in [0.2, 0.25) is 0 Å². The van der Waals surface area contributed by atoms with Crippen LogP contribution in [0.1, 0.15) is 12.5 Å². The summed E-state index contributed by atoms with van der Waals surface area (Å²) < 4.78 is 40.0. The lowest BCUT2D eigenvalue weighted by Crippen LogP contribution is -2.16. The highest BCUT2D eigenvalue weighted by molar-refractivity contribution is 5.98. The molecule has 0 unspecified atom stereocenters. The Bertz CT molecular complexity index is 631. The average Bonchev–Trinajstić information content (AvgIpc) is 2.46. The lowest BCUT2D eigenvalue weighted by molar-refractivity contribution is -0.274. The largest absolute Gasteiger partial charge is 0.573 e. The van der Waals surface area contributed by atoms with Gasteiger partial charge in [-0.25, -0.2) is 0 Å². The molecule has 0 amide bonds. The highest BCUT2D eigenvalue weighted by Gasteiger charge is 2.30. The Hall–Kier alpha value is -2.50. The minimum absolute atomic E-state index is 0.258. The summed E-state index contributed by atoms with van der Waals surface area (Å²) in [5.74, 6) is -0.258. The second-order valence-corrected chi connectivity index (χ2v) is 4.33. The van der Waals surface area contributed by atoms with Crippen molar-refractivity contribution in [3.63, 3.8) is 0 Å². The summed E-state index contributed by atoms with van der Waals surface area (Å²) in [6.45, 7) is 1.66. The van der Waals surface area contributed by atoms with Gasteiger partial charge in [-0.2, -0.15) is 0 Å². The van der Waals surface area contributed by atoms with Gasteiger partial charge in [0.25, 0.3) is 0 Å². The number of halogens is 3. The predicted molar refractivity (Wildman–Crippen MR) is 72.6 cm³/mol. The number of benzene rings is 2. The monoisotopic (exact) mass is 295 g/mol. The third kappa shape index (κ3) is 3.98. The van der Waals surface area contributed by atoms with Gasteiger partial charge in [0.2, 0.25) is 0 Å². The molecule has 2 rings (SSSR count). The fourth-order valence-corrected chi connectivity index (χ4v) is 1.81. The van der Waals surface area contributed by atoms with Crippen molar-refractivity contribution in [2.45, 2.75) is 13.3 Å². The number of hydrogen-bond acceptors (Lipinski definition) is 3. The second kappa shape index (κ2) is 5.87. The summed E-state index contributed by atoms with van der Waals surface area (Å²) in [6, 6.07) is 12.7. The molecule has 110 valence electrons. The minimum Gasteiger partial charge on any atom is -0.411 e. The van der Waals surface area contributed by atoms with Gasteiger partial charge in [-0.05, 0) is 35.7 Å². The molecule has 0 saturated heterocycles. The quantitative estimate of drug-likeness (QED) is 0.516. The molecule has 0 aliphatic heterocycles. The first-order valence-corrected chi connectivity index (χ1v) is 6.04. The van der Waals surface area contributed by atoms with Crippen LogP contribution in [0.25, 0.3) is 11.1 Å². The highest BCUT2D eigenvalue weighted by atomic mass is 19.4. The van der Waals surface area contributed by atoms with Crippen LogP contribution in [0, 0.1) is 0 Å². The Kier molecular flexibility index (Phi) is 4.16. The molecule has 0 aliphatic rings. The molecule has 0 saturated carbocycles. The zero-order valence-electron chi connectivity index (χ0n) is 11.1. The van der Waals surface area contributed by atoms with Crippen molar-refractivity contribution in [3.05, 3.63) is 54.1 Å². The molecule has 0 atom stereocenters. The van der Waals surface area contributed by atoms with Crippen LogP contribution in [0.3, 0.4) is 0 Å². The van der Waals surface area contributed by atoms with Crippen molar-refractivity contribution in [1.82, 2.24) is 0 Å². The smallest absolute Gasteiger partial charge is 0.411 e. The number of hydrogen-bond donors (Lipinski definition) is 1. The molecule has 0 spiro atoms. The molecular formula is C15H12F3NO2. The topological polar surface area (TPSA) is 41.8 Å². The normalized spacial score (nSPS) is 12.3. The van der Waals surface area contributed by atoms with E-state index in [-0.39, 0.29) is 5.75 Å². The van der Waals surface area contributed by atoms with Gasteiger partial charge in [0.15, 0.2) is 0 Å². The van der Waals surface area contributed by atoms with Gasteiger partial charge in [-0.15, -0.1) is 13.2 Å². The SMILES string of the molecule is C/C(=N\O)c1ccc(-c2ccc(OC(F)(F)F)cc2)cc1. The number of alkyl halides is 3. The van der Waals surface area contributed by atoms with Crippen molar-refractivity contribution >= 4 is 5.71 Å². The first-order chi connectivity index (χ1) is 9.89. The van der Waals surface area contributed by atoms with E-state index < -0.39 is 6.36 Å². The van der Waals surface area contributed by atoms with E-state index in [4.69, 9.17) is 5.21 Å². The summed E-state index contributed by atoms with van der Waals surface area (Å²) in [5, 5.41) is 11.8. The van der Waals surface area contributed by atoms with Gasteiger partial charge in [-0.3, -0.25) is 0 Å². The standard InChI is InChI=1S/C15H12F3NO2/c1-10(19-20)11-2-4-12(5-3-11)13-6-8-14(9-7-13)21-15(16,17)18/h2-9,20H,1H3/b19-10+. The van der Waals surface area contributed by atoms with E-state index in [9.17, 15) is 13.2 Å². The Morgan fingerprint density at radius 2 is 1.43 bits per heavy atom. The van der Waals surface area contributed by atoms with Crippen LogP contribution in [0.15, 0.2) is 53.7 Å². The first-order valence-electron chi connectivity index (χ1n) is 6.04. The number of rotatable bonds is 3. The third-order valence-electron chi connectivity index (χ3n) is 2.87. The number of nitrogens with zero attached hydrogens (tertiary/aromatic N) is 1. The molecule has 6 heteroatoms. The van der Waals surface area contributed by atoms with E-state index >= 15 is 0 Å². The van der Waals surface area contributed by atoms with Crippen LogP contribution in [-0.2, 0) is 0 Å². The molecule has 0 heterocycles. The van der Waals surface area contributed by atoms with Gasteiger partial charge in [0.05, 0.1) is 5.71 Å². The van der Waals surface area contributed by atoms with Crippen LogP contribution in [0.5, 0.6) is 5.75 Å². The van der Waals surface area contributed by atoms with Gasteiger partial charge in [0, 0.05) is 0 Å². The van der Waals surface area contributed by atoms with E-state index in [1.165, 1.54) is 12.1 Å².